The van der Waals surface area contributed by atoms with E-state index in [0.29, 0.717) is 5.33 Å². The number of hydrogen-bond donors (Lipinski definition) is 1. The molecule has 0 radical (unpaired) electrons. The smallest absolute Gasteiger partial charge is 0.407 e. The van der Waals surface area contributed by atoms with Gasteiger partial charge in [-0.05, 0) is 42.8 Å². The third-order valence-corrected chi connectivity index (χ3v) is 12.6. The van der Waals surface area contributed by atoms with Gasteiger partial charge in [0.05, 0.1) is 28.7 Å². The minimum absolute atomic E-state index is 0.0265. The van der Waals surface area contributed by atoms with Crippen molar-refractivity contribution in [1.29, 1.82) is 0 Å². The first-order chi connectivity index (χ1) is 15.4. The first kappa shape index (κ1) is 27.8. The Morgan fingerprint density at radius 1 is 1.09 bits per heavy atom. The summed E-state index contributed by atoms with van der Waals surface area (Å²) in [6.45, 7) is 13.0. The average molecular weight is 555 g/mol. The lowest BCUT2D eigenvalue weighted by Gasteiger charge is -2.41. The summed E-state index contributed by atoms with van der Waals surface area (Å²) in [5.74, 6) is 0.283. The minimum Gasteiger partial charge on any atom is -0.445 e. The molecule has 2 rings (SSSR count). The summed E-state index contributed by atoms with van der Waals surface area (Å²) in [5, 5.41) is 3.36. The van der Waals surface area contributed by atoms with E-state index in [1.807, 2.05) is 61.5 Å². The van der Waals surface area contributed by atoms with E-state index in [-0.39, 0.29) is 17.4 Å². The van der Waals surface area contributed by atoms with E-state index >= 15 is 0 Å². The summed E-state index contributed by atoms with van der Waals surface area (Å²) in [7, 11) is -3.46. The van der Waals surface area contributed by atoms with Crippen molar-refractivity contribution in [3.63, 3.8) is 0 Å². The SMILES string of the molecule is Cc1ccc(S(=O)C[C@@H](O[Si](C)(C)C(C)(C)C)[C@@H](CBr)NC(=O)OCc2ccccc2)cc1. The molecule has 1 unspecified atom stereocenters. The van der Waals surface area contributed by atoms with E-state index in [9.17, 15) is 9.00 Å². The van der Waals surface area contributed by atoms with Gasteiger partial charge in [0, 0.05) is 10.2 Å². The lowest BCUT2D eigenvalue weighted by Crippen LogP contribution is -2.54. The van der Waals surface area contributed by atoms with Crippen LogP contribution in [-0.4, -0.2) is 41.8 Å². The van der Waals surface area contributed by atoms with Gasteiger partial charge in [-0.3, -0.25) is 4.21 Å². The summed E-state index contributed by atoms with van der Waals surface area (Å²) in [5.41, 5.74) is 2.03. The molecule has 8 heteroatoms. The zero-order chi connectivity index (χ0) is 24.6. The molecule has 0 aliphatic rings. The minimum atomic E-state index is -2.19. The number of carbonyl (C=O) groups is 1. The van der Waals surface area contributed by atoms with Gasteiger partial charge < -0.3 is 14.5 Å². The molecular formula is C25H36BrNO4SSi. The number of aryl methyl sites for hydroxylation is 1. The Labute approximate surface area is 210 Å². The third kappa shape index (κ3) is 8.66. The van der Waals surface area contributed by atoms with Crippen LogP contribution in [0.15, 0.2) is 59.5 Å². The molecule has 0 heterocycles. The molecule has 2 aromatic carbocycles. The van der Waals surface area contributed by atoms with Crippen LogP contribution in [0.3, 0.4) is 0 Å². The zero-order valence-corrected chi connectivity index (χ0v) is 23.8. The molecule has 0 aliphatic heterocycles. The van der Waals surface area contributed by atoms with Crippen molar-refractivity contribution >= 4 is 41.1 Å². The lowest BCUT2D eigenvalue weighted by molar-refractivity contribution is 0.118. The number of rotatable bonds is 10. The summed E-state index contributed by atoms with van der Waals surface area (Å²) in [6, 6.07) is 16.8. The molecule has 33 heavy (non-hydrogen) atoms. The van der Waals surface area contributed by atoms with Gasteiger partial charge in [0.25, 0.3) is 0 Å². The molecule has 0 saturated carbocycles. The van der Waals surface area contributed by atoms with Crippen LogP contribution in [0.5, 0.6) is 0 Å². The van der Waals surface area contributed by atoms with Crippen LogP contribution < -0.4 is 5.32 Å². The van der Waals surface area contributed by atoms with Crippen LogP contribution in [-0.2, 0) is 26.6 Å². The van der Waals surface area contributed by atoms with Gasteiger partial charge in [-0.1, -0.05) is 84.7 Å². The van der Waals surface area contributed by atoms with E-state index in [1.54, 1.807) is 0 Å². The van der Waals surface area contributed by atoms with Crippen LogP contribution in [0.2, 0.25) is 18.1 Å². The molecule has 5 nitrogen and oxygen atoms in total. The maximum absolute atomic E-state index is 13.2. The Balaban J connectivity index is 2.16. The normalized spacial score (nSPS) is 14.9. The van der Waals surface area contributed by atoms with Crippen molar-refractivity contribution < 1.29 is 18.2 Å². The Hall–Kier alpha value is -1.48. The van der Waals surface area contributed by atoms with Gasteiger partial charge in [-0.25, -0.2) is 4.79 Å². The molecule has 182 valence electrons. The van der Waals surface area contributed by atoms with E-state index in [2.05, 4.69) is 55.1 Å². The number of benzene rings is 2. The molecule has 0 saturated heterocycles. The Morgan fingerprint density at radius 3 is 2.24 bits per heavy atom. The fourth-order valence-corrected chi connectivity index (χ4v) is 6.16. The van der Waals surface area contributed by atoms with Crippen LogP contribution in [0.25, 0.3) is 0 Å². The fourth-order valence-electron chi connectivity index (χ4n) is 2.87. The second-order valence-corrected chi connectivity index (χ2v) is 16.6. The Kier molecular flexibility index (Phi) is 10.3. The quantitative estimate of drug-likeness (QED) is 0.281. The van der Waals surface area contributed by atoms with E-state index < -0.39 is 37.4 Å². The van der Waals surface area contributed by atoms with Gasteiger partial charge in [0.15, 0.2) is 8.32 Å². The molecule has 1 N–H and O–H groups in total. The number of alkyl halides is 1. The fraction of sp³-hybridized carbons (Fsp3) is 0.480. The largest absolute Gasteiger partial charge is 0.445 e. The predicted molar refractivity (Wildman–Crippen MR) is 142 cm³/mol. The maximum atomic E-state index is 13.2. The van der Waals surface area contributed by atoms with Crippen molar-refractivity contribution in [2.75, 3.05) is 11.1 Å². The standard InChI is InChI=1S/C25H36BrNO4SSi/c1-19-12-14-21(15-13-19)32(29)18-23(31-33(5,6)25(2,3)4)22(16-26)27-24(28)30-17-20-10-8-7-9-11-20/h7-15,22-23H,16-18H2,1-6H3,(H,27,28)/t22-,23-,32?/m1/s1. The van der Waals surface area contributed by atoms with Crippen LogP contribution >= 0.6 is 15.9 Å². The number of hydrogen-bond acceptors (Lipinski definition) is 4. The van der Waals surface area contributed by atoms with Crippen molar-refractivity contribution in [2.45, 2.75) is 69.5 Å². The van der Waals surface area contributed by atoms with Crippen LogP contribution in [0, 0.1) is 6.92 Å². The van der Waals surface area contributed by atoms with Gasteiger partial charge in [0.2, 0.25) is 0 Å². The summed E-state index contributed by atoms with van der Waals surface area (Å²) in [4.78, 5) is 13.3. The van der Waals surface area contributed by atoms with Crippen LogP contribution in [0.1, 0.15) is 31.9 Å². The van der Waals surface area contributed by atoms with Crippen molar-refractivity contribution in [3.8, 4) is 0 Å². The highest BCUT2D eigenvalue weighted by molar-refractivity contribution is 9.09. The summed E-state index contributed by atoms with van der Waals surface area (Å²) in [6.07, 6.45) is -0.954. The third-order valence-electron chi connectivity index (χ3n) is 5.98. The topological polar surface area (TPSA) is 64.6 Å². The number of ether oxygens (including phenoxy) is 1. The molecule has 0 spiro atoms. The second-order valence-electron chi connectivity index (χ2n) is 9.71. The van der Waals surface area contributed by atoms with Gasteiger partial charge in [0.1, 0.15) is 6.61 Å². The second kappa shape index (κ2) is 12.3. The number of carbonyl (C=O) groups excluding carboxylic acids is 1. The molecule has 3 atom stereocenters. The van der Waals surface area contributed by atoms with Crippen LogP contribution in [0.4, 0.5) is 4.79 Å². The van der Waals surface area contributed by atoms with Crippen molar-refractivity contribution in [1.82, 2.24) is 5.32 Å². The number of amides is 1. The molecule has 1 amide bonds. The predicted octanol–water partition coefficient (Wildman–Crippen LogP) is 6.18. The molecular weight excluding hydrogens is 518 g/mol. The average Bonchev–Trinajstić information content (AvgIpc) is 2.75. The highest BCUT2D eigenvalue weighted by Crippen LogP contribution is 2.38. The number of nitrogens with one attached hydrogen (secondary N) is 1. The molecule has 0 bridgehead atoms. The van der Waals surface area contributed by atoms with Gasteiger partial charge >= 0.3 is 6.09 Å². The molecule has 2 aromatic rings. The molecule has 0 fully saturated rings. The van der Waals surface area contributed by atoms with Crippen molar-refractivity contribution in [2.24, 2.45) is 0 Å². The first-order valence-corrected chi connectivity index (χ1v) is 16.4. The maximum Gasteiger partial charge on any atom is 0.407 e. The zero-order valence-electron chi connectivity index (χ0n) is 20.4. The lowest BCUT2D eigenvalue weighted by atomic mass is 10.2. The highest BCUT2D eigenvalue weighted by atomic mass is 79.9. The van der Waals surface area contributed by atoms with E-state index in [4.69, 9.17) is 9.16 Å². The Morgan fingerprint density at radius 2 is 1.70 bits per heavy atom. The molecule has 0 aromatic heterocycles. The van der Waals surface area contributed by atoms with E-state index in [0.717, 1.165) is 16.0 Å². The summed E-state index contributed by atoms with van der Waals surface area (Å²) < 4.78 is 25.3. The first-order valence-electron chi connectivity index (χ1n) is 11.1. The highest BCUT2D eigenvalue weighted by Gasteiger charge is 2.41. The monoisotopic (exact) mass is 553 g/mol. The van der Waals surface area contributed by atoms with Crippen molar-refractivity contribution in [3.05, 3.63) is 65.7 Å². The summed E-state index contributed by atoms with van der Waals surface area (Å²) >= 11 is 3.52. The number of halogens is 1. The Bertz CT molecular complexity index is 916. The number of alkyl carbamates (subject to hydrolysis) is 1. The molecule has 0 aliphatic carbocycles. The van der Waals surface area contributed by atoms with Gasteiger partial charge in [-0.2, -0.15) is 0 Å². The van der Waals surface area contributed by atoms with Gasteiger partial charge in [-0.15, -0.1) is 0 Å². The van der Waals surface area contributed by atoms with E-state index in [1.165, 1.54) is 0 Å².